The Kier molecular flexibility index (Phi) is 12.5. The van der Waals surface area contributed by atoms with Crippen LogP contribution >= 0.6 is 0 Å². The number of fused-ring (bicyclic) bond motifs is 7. The fraction of sp³-hybridized carbons (Fsp3) is 0.538. The van der Waals surface area contributed by atoms with Crippen LogP contribution in [0.15, 0.2) is 53.7 Å². The summed E-state index contributed by atoms with van der Waals surface area (Å²) < 4.78 is 22.0. The van der Waals surface area contributed by atoms with Gasteiger partial charge in [-0.05, 0) is 126 Å². The van der Waals surface area contributed by atoms with Crippen LogP contribution in [-0.4, -0.2) is 107 Å². The summed E-state index contributed by atoms with van der Waals surface area (Å²) in [7, 11) is 2.66. The molecule has 6 aliphatic rings. The van der Waals surface area contributed by atoms with Crippen LogP contribution in [0.3, 0.4) is 0 Å². The van der Waals surface area contributed by atoms with Gasteiger partial charge < -0.3 is 44.4 Å². The summed E-state index contributed by atoms with van der Waals surface area (Å²) in [5.74, 6) is 1.74. The molecule has 1 saturated carbocycles. The molecule has 3 aromatic carbocycles. The number of imidazole rings is 1. The van der Waals surface area contributed by atoms with Gasteiger partial charge in [-0.2, -0.15) is 0 Å². The number of ether oxygens (including phenoxy) is 4. The van der Waals surface area contributed by atoms with Gasteiger partial charge in [0.2, 0.25) is 11.8 Å². The molecular weight excluding hydrogens is 851 g/mol. The maximum Gasteiger partial charge on any atom is 0.407 e. The molecule has 3 N–H and O–H groups in total. The predicted molar refractivity (Wildman–Crippen MR) is 253 cm³/mol. The second-order valence-electron chi connectivity index (χ2n) is 19.5. The first kappa shape index (κ1) is 44.9. The van der Waals surface area contributed by atoms with E-state index in [1.807, 2.05) is 29.8 Å². The number of rotatable bonds is 11. The van der Waals surface area contributed by atoms with Crippen molar-refractivity contribution in [2.45, 2.75) is 134 Å². The van der Waals surface area contributed by atoms with Gasteiger partial charge in [-0.1, -0.05) is 51.8 Å². The number of carbonyl (C=O) groups excluding carboxylic acids is 4. The van der Waals surface area contributed by atoms with Crippen molar-refractivity contribution in [3.05, 3.63) is 65.6 Å². The third kappa shape index (κ3) is 8.20. The van der Waals surface area contributed by atoms with E-state index in [0.29, 0.717) is 45.0 Å². The van der Waals surface area contributed by atoms with Crippen molar-refractivity contribution < 1.29 is 38.1 Å². The quantitative estimate of drug-likeness (QED) is 0.133. The molecule has 3 saturated heterocycles. The maximum atomic E-state index is 14.6. The number of nitrogens with one attached hydrogen (secondary N) is 3. The molecule has 0 unspecified atom stereocenters. The van der Waals surface area contributed by atoms with Crippen LogP contribution in [0.25, 0.3) is 33.2 Å². The fourth-order valence-electron chi connectivity index (χ4n) is 12.1. The Morgan fingerprint density at radius 3 is 2.46 bits per heavy atom. The molecule has 8 atom stereocenters. The summed E-state index contributed by atoms with van der Waals surface area (Å²) >= 11 is 0. The molecular formula is C52H63N7O8. The average molecular weight is 914 g/mol. The third-order valence-electron chi connectivity index (χ3n) is 15.9. The molecule has 4 amide bonds. The van der Waals surface area contributed by atoms with E-state index in [9.17, 15) is 19.2 Å². The lowest BCUT2D eigenvalue weighted by Gasteiger charge is -2.37. The number of nitrogens with zero attached hydrogens (tertiary/aromatic N) is 4. The number of hydrogen-bond donors (Lipinski definition) is 3. The van der Waals surface area contributed by atoms with Crippen LogP contribution < -0.4 is 15.4 Å². The molecule has 10 rings (SSSR count). The Bertz CT molecular complexity index is 2600. The second-order valence-corrected chi connectivity index (χ2v) is 19.5. The number of carbonyl (C=O) groups is 4. The van der Waals surface area contributed by atoms with Crippen molar-refractivity contribution in [2.24, 2.45) is 22.7 Å². The minimum atomic E-state index is -0.692. The molecule has 4 aromatic rings. The maximum absolute atomic E-state index is 14.6. The molecule has 6 heterocycles. The van der Waals surface area contributed by atoms with Crippen molar-refractivity contribution in [1.29, 1.82) is 0 Å². The molecule has 15 nitrogen and oxygen atoms in total. The number of aliphatic imine (C=N–C) groups is 1. The number of hydrogen-bond acceptors (Lipinski definition) is 10. The van der Waals surface area contributed by atoms with Crippen molar-refractivity contribution in [3.63, 3.8) is 0 Å². The van der Waals surface area contributed by atoms with E-state index in [-0.39, 0.29) is 47.8 Å². The summed E-state index contributed by atoms with van der Waals surface area (Å²) in [4.78, 5) is 71.7. The normalized spacial score (nSPS) is 24.4. The first-order valence-corrected chi connectivity index (χ1v) is 24.5. The number of likely N-dealkylation sites (tertiary alicyclic amines) is 2. The highest BCUT2D eigenvalue weighted by Gasteiger charge is 2.50. The smallest absolute Gasteiger partial charge is 0.407 e. The van der Waals surface area contributed by atoms with Crippen molar-refractivity contribution in [3.8, 4) is 28.1 Å². The summed E-state index contributed by atoms with van der Waals surface area (Å²) in [5.41, 5.74) is 8.11. The number of aromatic amines is 1. The lowest BCUT2D eigenvalue weighted by Crippen LogP contribution is -2.57. The van der Waals surface area contributed by atoms with Crippen LogP contribution in [-0.2, 0) is 36.8 Å². The summed E-state index contributed by atoms with van der Waals surface area (Å²) in [5, 5.41) is 7.93. The third-order valence-corrected chi connectivity index (χ3v) is 15.9. The standard InChI is InChI=1S/C52H63N7O8/c1-6-28(3)46(56-51(62)64-4)49(60)59-42-10-8-9-32(42)23-44(59)48-53-26-41(55-48)31-11-14-35-33(21-31)27-67-45-25-36-30(22-38(35)45)12-15-39-37(36)24-40(54-39)43-16-13-34(7-2)58(43)50(61)47(57-52(63)65-5)29-17-19-66-20-18-29/h11-12,14-15,21-22,25-26,28-29,32,34,42-44,46-47H,6-10,13,16-20,23-24,27H2,1-5H3,(H,53,55)(H,56,62)(H,57,63)/t28-,32-,34-,42-,43-,44-,46-,47-/m0/s1. The largest absolute Gasteiger partial charge is 0.488 e. The average Bonchev–Trinajstić information content (AvgIpc) is 4.22. The molecule has 4 fully saturated rings. The minimum Gasteiger partial charge on any atom is -0.488 e. The van der Waals surface area contributed by atoms with E-state index in [2.05, 4.69) is 65.0 Å². The second kappa shape index (κ2) is 18.6. The van der Waals surface area contributed by atoms with Crippen LogP contribution in [0.1, 0.15) is 108 Å². The Morgan fingerprint density at radius 2 is 1.69 bits per heavy atom. The Labute approximate surface area is 391 Å². The topological polar surface area (TPSA) is 177 Å². The highest BCUT2D eigenvalue weighted by atomic mass is 16.5. The minimum absolute atomic E-state index is 0.0361. The SMILES string of the molecule is CC[C@H]1CC[C@@H](C2=Nc3ccc4cc5c(cc4c3C2)OCc2cc(-c3cnc([C@@H]4C[C@@H]6CCC[C@@H]6N4C(=O)[C@@H](NC(=O)OC)[C@@H](C)CC)[nH]3)ccc2-5)N1C(=O)[C@@H](NC(=O)OC)C1CCOCC1. The van der Waals surface area contributed by atoms with Gasteiger partial charge >= 0.3 is 12.2 Å². The molecule has 1 aliphatic carbocycles. The molecule has 1 aromatic heterocycles. The molecule has 0 radical (unpaired) electrons. The van der Waals surface area contributed by atoms with Gasteiger partial charge in [0.15, 0.2) is 0 Å². The van der Waals surface area contributed by atoms with Crippen molar-refractivity contribution in [2.75, 3.05) is 27.4 Å². The van der Waals surface area contributed by atoms with E-state index in [1.165, 1.54) is 14.2 Å². The van der Waals surface area contributed by atoms with Crippen molar-refractivity contribution in [1.82, 2.24) is 30.4 Å². The van der Waals surface area contributed by atoms with Crippen LogP contribution in [0.4, 0.5) is 15.3 Å². The summed E-state index contributed by atoms with van der Waals surface area (Å²) in [6.07, 6.45) is 9.88. The van der Waals surface area contributed by atoms with Gasteiger partial charge in [0.25, 0.3) is 0 Å². The van der Waals surface area contributed by atoms with Crippen LogP contribution in [0, 0.1) is 17.8 Å². The van der Waals surface area contributed by atoms with Gasteiger partial charge in [0, 0.05) is 43.0 Å². The zero-order chi connectivity index (χ0) is 46.5. The molecule has 5 aliphatic heterocycles. The van der Waals surface area contributed by atoms with Crippen LogP contribution in [0.2, 0.25) is 0 Å². The lowest BCUT2D eigenvalue weighted by atomic mass is 9.89. The Morgan fingerprint density at radius 1 is 0.881 bits per heavy atom. The van der Waals surface area contributed by atoms with Gasteiger partial charge in [-0.15, -0.1) is 0 Å². The number of H-pyrrole nitrogens is 1. The first-order chi connectivity index (χ1) is 32.6. The van der Waals surface area contributed by atoms with Crippen molar-refractivity contribution >= 4 is 46.2 Å². The molecule has 67 heavy (non-hydrogen) atoms. The number of methoxy groups -OCH3 is 2. The number of aromatic nitrogens is 2. The van der Waals surface area contributed by atoms with E-state index in [0.717, 1.165) is 119 Å². The van der Waals surface area contributed by atoms with E-state index < -0.39 is 24.3 Å². The zero-order valence-corrected chi connectivity index (χ0v) is 39.3. The van der Waals surface area contributed by atoms with Crippen LogP contribution in [0.5, 0.6) is 5.75 Å². The molecule has 15 heteroatoms. The summed E-state index contributed by atoms with van der Waals surface area (Å²) in [6, 6.07) is 13.5. The highest BCUT2D eigenvalue weighted by molar-refractivity contribution is 6.07. The molecule has 0 spiro atoms. The monoisotopic (exact) mass is 913 g/mol. The van der Waals surface area contributed by atoms with E-state index in [4.69, 9.17) is 28.9 Å². The molecule has 0 bridgehead atoms. The van der Waals surface area contributed by atoms with Gasteiger partial charge in [-0.3, -0.25) is 14.6 Å². The van der Waals surface area contributed by atoms with E-state index >= 15 is 0 Å². The number of alkyl carbamates (subject to hydrolysis) is 2. The van der Waals surface area contributed by atoms with Gasteiger partial charge in [0.1, 0.15) is 30.3 Å². The Balaban J connectivity index is 0.883. The van der Waals surface area contributed by atoms with Gasteiger partial charge in [-0.25, -0.2) is 14.6 Å². The first-order valence-electron chi connectivity index (χ1n) is 24.5. The predicted octanol–water partition coefficient (Wildman–Crippen LogP) is 8.55. The highest BCUT2D eigenvalue weighted by Crippen LogP contribution is 2.49. The molecule has 354 valence electrons. The fourth-order valence-corrected chi connectivity index (χ4v) is 12.1. The Hall–Kier alpha value is -5.96. The van der Waals surface area contributed by atoms with E-state index in [1.54, 1.807) is 0 Å². The number of amides is 4. The number of benzene rings is 3. The zero-order valence-electron chi connectivity index (χ0n) is 39.3. The lowest BCUT2D eigenvalue weighted by molar-refractivity contribution is -0.138. The summed E-state index contributed by atoms with van der Waals surface area (Å²) in [6.45, 7) is 7.67. The van der Waals surface area contributed by atoms with Gasteiger partial charge in [0.05, 0.1) is 43.9 Å².